The Hall–Kier alpha value is -1.88. The molecule has 1 saturated heterocycles. The van der Waals surface area contributed by atoms with Crippen LogP contribution in [-0.2, 0) is 6.54 Å². The van der Waals surface area contributed by atoms with Crippen LogP contribution in [0.5, 0.6) is 0 Å². The standard InChI is InChI=1S/C19H20ClN3O/c20-16-3-1-13(2-4-16)18-11-23(9-15(18)12-24)10-17-7-14-8-21-6-5-19(14)22-17/h1-8,15,18,22,24H,9-12H2/t15-,18-/m0/s1. The molecule has 1 aliphatic rings. The highest BCUT2D eigenvalue weighted by molar-refractivity contribution is 6.30. The van der Waals surface area contributed by atoms with Crippen molar-refractivity contribution in [2.75, 3.05) is 19.7 Å². The zero-order valence-electron chi connectivity index (χ0n) is 13.3. The highest BCUT2D eigenvalue weighted by Gasteiger charge is 2.33. The zero-order valence-corrected chi connectivity index (χ0v) is 14.1. The number of hydrogen-bond acceptors (Lipinski definition) is 3. The molecule has 0 radical (unpaired) electrons. The van der Waals surface area contributed by atoms with Gasteiger partial charge in [-0.25, -0.2) is 0 Å². The summed E-state index contributed by atoms with van der Waals surface area (Å²) in [5.74, 6) is 0.607. The number of pyridine rings is 1. The van der Waals surface area contributed by atoms with Gasteiger partial charge in [0.2, 0.25) is 0 Å². The fraction of sp³-hybridized carbons (Fsp3) is 0.316. The van der Waals surface area contributed by atoms with Crippen LogP contribution in [0.3, 0.4) is 0 Å². The predicted octanol–water partition coefficient (Wildman–Crippen LogP) is 3.42. The van der Waals surface area contributed by atoms with Crippen molar-refractivity contribution in [3.8, 4) is 0 Å². The number of halogens is 1. The largest absolute Gasteiger partial charge is 0.396 e. The van der Waals surface area contributed by atoms with E-state index in [0.717, 1.165) is 35.6 Å². The number of likely N-dealkylation sites (tertiary alicyclic amines) is 1. The minimum Gasteiger partial charge on any atom is -0.396 e. The smallest absolute Gasteiger partial charge is 0.0487 e. The van der Waals surface area contributed by atoms with Crippen molar-refractivity contribution in [2.24, 2.45) is 5.92 Å². The number of fused-ring (bicyclic) bond motifs is 1. The van der Waals surface area contributed by atoms with Gasteiger partial charge in [-0.3, -0.25) is 9.88 Å². The van der Waals surface area contributed by atoms with Gasteiger partial charge in [0.25, 0.3) is 0 Å². The van der Waals surface area contributed by atoms with Crippen LogP contribution in [0.15, 0.2) is 48.8 Å². The Morgan fingerprint density at radius 2 is 2.04 bits per heavy atom. The number of benzene rings is 1. The van der Waals surface area contributed by atoms with Crippen LogP contribution in [0.25, 0.3) is 10.9 Å². The summed E-state index contributed by atoms with van der Waals surface area (Å²) in [6, 6.07) is 12.2. The quantitative estimate of drug-likeness (QED) is 0.764. The maximum Gasteiger partial charge on any atom is 0.0487 e. The van der Waals surface area contributed by atoms with Crippen molar-refractivity contribution in [3.63, 3.8) is 0 Å². The van der Waals surface area contributed by atoms with Gasteiger partial charge in [0.1, 0.15) is 0 Å². The average molecular weight is 342 g/mol. The fourth-order valence-electron chi connectivity index (χ4n) is 3.72. The topological polar surface area (TPSA) is 52.1 Å². The van der Waals surface area contributed by atoms with Gasteiger partial charge in [0.05, 0.1) is 0 Å². The van der Waals surface area contributed by atoms with E-state index in [0.29, 0.717) is 5.92 Å². The van der Waals surface area contributed by atoms with Gasteiger partial charge in [-0.1, -0.05) is 23.7 Å². The molecule has 3 aromatic rings. The first-order valence-corrected chi connectivity index (χ1v) is 8.61. The molecule has 1 aliphatic heterocycles. The summed E-state index contributed by atoms with van der Waals surface area (Å²) in [6.07, 6.45) is 3.68. The number of rotatable bonds is 4. The molecular formula is C19H20ClN3O. The molecule has 4 rings (SSSR count). The van der Waals surface area contributed by atoms with Crippen molar-refractivity contribution >= 4 is 22.5 Å². The Kier molecular flexibility index (Phi) is 4.27. The number of aromatic nitrogens is 2. The number of aliphatic hydroxyl groups excluding tert-OH is 1. The second-order valence-corrected chi connectivity index (χ2v) is 6.99. The molecule has 1 aromatic carbocycles. The molecule has 4 nitrogen and oxygen atoms in total. The van der Waals surface area contributed by atoms with E-state index in [4.69, 9.17) is 11.6 Å². The summed E-state index contributed by atoms with van der Waals surface area (Å²) in [7, 11) is 0. The third-order valence-corrected chi connectivity index (χ3v) is 5.17. The summed E-state index contributed by atoms with van der Waals surface area (Å²) in [5, 5.41) is 11.7. The van der Waals surface area contributed by atoms with Crippen molar-refractivity contribution in [3.05, 3.63) is 65.1 Å². The van der Waals surface area contributed by atoms with Gasteiger partial charge >= 0.3 is 0 Å². The SMILES string of the molecule is OC[C@@H]1CN(Cc2cc3cnccc3[nH]2)C[C@H]1c1ccc(Cl)cc1. The lowest BCUT2D eigenvalue weighted by atomic mass is 9.90. The molecule has 2 atom stereocenters. The molecule has 3 heterocycles. The first-order chi connectivity index (χ1) is 11.7. The Balaban J connectivity index is 1.51. The average Bonchev–Trinajstić information content (AvgIpc) is 3.19. The van der Waals surface area contributed by atoms with E-state index in [1.54, 1.807) is 6.20 Å². The molecule has 0 amide bonds. The number of aromatic amines is 1. The Morgan fingerprint density at radius 3 is 2.79 bits per heavy atom. The molecule has 0 unspecified atom stereocenters. The van der Waals surface area contributed by atoms with E-state index in [1.165, 1.54) is 11.3 Å². The fourth-order valence-corrected chi connectivity index (χ4v) is 3.85. The maximum atomic E-state index is 9.78. The number of H-pyrrole nitrogens is 1. The van der Waals surface area contributed by atoms with E-state index >= 15 is 0 Å². The van der Waals surface area contributed by atoms with E-state index in [-0.39, 0.29) is 12.5 Å². The second-order valence-electron chi connectivity index (χ2n) is 6.55. The van der Waals surface area contributed by atoms with Gasteiger partial charge in [-0.05, 0) is 29.8 Å². The number of hydrogen-bond donors (Lipinski definition) is 2. The van der Waals surface area contributed by atoms with Gasteiger partial charge in [0, 0.05) is 72.1 Å². The molecule has 0 bridgehead atoms. The molecule has 0 spiro atoms. The number of nitrogens with one attached hydrogen (secondary N) is 1. The number of nitrogens with zero attached hydrogens (tertiary/aromatic N) is 2. The second kappa shape index (κ2) is 6.55. The predicted molar refractivity (Wildman–Crippen MR) is 96.1 cm³/mol. The molecule has 24 heavy (non-hydrogen) atoms. The molecule has 2 aromatic heterocycles. The Morgan fingerprint density at radius 1 is 1.21 bits per heavy atom. The normalized spacial score (nSPS) is 21.6. The third-order valence-electron chi connectivity index (χ3n) is 4.92. The lowest BCUT2D eigenvalue weighted by molar-refractivity contribution is 0.213. The summed E-state index contributed by atoms with van der Waals surface area (Å²) in [5.41, 5.74) is 3.56. The van der Waals surface area contributed by atoms with E-state index in [9.17, 15) is 5.11 Å². The Bertz CT molecular complexity index is 797. The Labute approximate surface area is 146 Å². The summed E-state index contributed by atoms with van der Waals surface area (Å²) < 4.78 is 0. The van der Waals surface area contributed by atoms with Crippen molar-refractivity contribution < 1.29 is 5.11 Å². The van der Waals surface area contributed by atoms with Gasteiger partial charge < -0.3 is 10.1 Å². The molecule has 124 valence electrons. The van der Waals surface area contributed by atoms with Crippen LogP contribution in [0, 0.1) is 5.92 Å². The zero-order chi connectivity index (χ0) is 16.5. The first-order valence-electron chi connectivity index (χ1n) is 8.23. The van der Waals surface area contributed by atoms with Crippen LogP contribution in [-0.4, -0.2) is 39.7 Å². The minimum atomic E-state index is 0.209. The molecule has 1 fully saturated rings. The van der Waals surface area contributed by atoms with E-state index in [2.05, 4.69) is 33.1 Å². The summed E-state index contributed by atoms with van der Waals surface area (Å²) in [6.45, 7) is 2.91. The van der Waals surface area contributed by atoms with Gasteiger partial charge in [-0.15, -0.1) is 0 Å². The summed E-state index contributed by atoms with van der Waals surface area (Å²) in [4.78, 5) is 10.0. The van der Waals surface area contributed by atoms with Crippen LogP contribution in [0.4, 0.5) is 0 Å². The summed E-state index contributed by atoms with van der Waals surface area (Å²) >= 11 is 5.99. The van der Waals surface area contributed by atoms with E-state index < -0.39 is 0 Å². The maximum absolute atomic E-state index is 9.78. The molecular weight excluding hydrogens is 322 g/mol. The van der Waals surface area contributed by atoms with Gasteiger partial charge in [0.15, 0.2) is 0 Å². The van der Waals surface area contributed by atoms with Crippen LogP contribution in [0.2, 0.25) is 5.02 Å². The highest BCUT2D eigenvalue weighted by atomic mass is 35.5. The van der Waals surface area contributed by atoms with Crippen molar-refractivity contribution in [1.29, 1.82) is 0 Å². The van der Waals surface area contributed by atoms with Crippen molar-refractivity contribution in [2.45, 2.75) is 12.5 Å². The minimum absolute atomic E-state index is 0.209. The molecule has 2 N–H and O–H groups in total. The third kappa shape index (κ3) is 3.05. The van der Waals surface area contributed by atoms with E-state index in [1.807, 2.05) is 24.4 Å². The lowest BCUT2D eigenvalue weighted by Crippen LogP contribution is -2.21. The first kappa shape index (κ1) is 15.6. The molecule has 0 saturated carbocycles. The van der Waals surface area contributed by atoms with Crippen LogP contribution < -0.4 is 0 Å². The number of aliphatic hydroxyl groups is 1. The highest BCUT2D eigenvalue weighted by Crippen LogP contribution is 2.33. The van der Waals surface area contributed by atoms with Gasteiger partial charge in [-0.2, -0.15) is 0 Å². The molecule has 0 aliphatic carbocycles. The monoisotopic (exact) mass is 341 g/mol. The van der Waals surface area contributed by atoms with Crippen molar-refractivity contribution in [1.82, 2.24) is 14.9 Å². The van der Waals surface area contributed by atoms with Crippen LogP contribution >= 0.6 is 11.6 Å². The molecule has 5 heteroatoms. The van der Waals surface area contributed by atoms with Crippen LogP contribution in [0.1, 0.15) is 17.2 Å². The lowest BCUT2D eigenvalue weighted by Gasteiger charge is -2.16.